The van der Waals surface area contributed by atoms with Gasteiger partial charge in [0.05, 0.1) is 11.3 Å². The van der Waals surface area contributed by atoms with Crippen molar-refractivity contribution in [3.05, 3.63) is 22.8 Å². The fourth-order valence-corrected chi connectivity index (χ4v) is 1.29. The molecule has 0 N–H and O–H groups in total. The average molecular weight is 181 g/mol. The quantitative estimate of drug-likeness (QED) is 0.556. The van der Waals surface area contributed by atoms with Gasteiger partial charge in [0.2, 0.25) is 0 Å². The second kappa shape index (κ2) is 2.68. The summed E-state index contributed by atoms with van der Waals surface area (Å²) in [7, 11) is 0. The molecular formula is C8H5ClN2O. The third-order valence-corrected chi connectivity index (χ3v) is 1.94. The Bertz CT molecular complexity index is 363. The summed E-state index contributed by atoms with van der Waals surface area (Å²) in [6, 6.07) is 0. The highest BCUT2D eigenvalue weighted by molar-refractivity contribution is 6.37. The molecule has 0 radical (unpaired) electrons. The minimum absolute atomic E-state index is 0.236. The lowest BCUT2D eigenvalue weighted by atomic mass is 10.0. The maximum atomic E-state index is 11.1. The Balaban J connectivity index is 2.46. The van der Waals surface area contributed by atoms with Gasteiger partial charge in [0.1, 0.15) is 6.34 Å². The van der Waals surface area contributed by atoms with Gasteiger partial charge in [-0.25, -0.2) is 4.99 Å². The van der Waals surface area contributed by atoms with E-state index in [-0.39, 0.29) is 5.91 Å². The molecule has 1 amide bonds. The summed E-state index contributed by atoms with van der Waals surface area (Å²) in [4.78, 5) is 18.6. The molecule has 2 rings (SSSR count). The van der Waals surface area contributed by atoms with Crippen molar-refractivity contribution >= 4 is 29.6 Å². The van der Waals surface area contributed by atoms with Gasteiger partial charge in [0, 0.05) is 11.5 Å². The number of halogens is 1. The number of carbonyl (C=O) groups excluding carboxylic acids is 1. The highest BCUT2D eigenvalue weighted by Gasteiger charge is 2.19. The van der Waals surface area contributed by atoms with E-state index >= 15 is 0 Å². The Morgan fingerprint density at radius 3 is 3.17 bits per heavy atom. The lowest BCUT2D eigenvalue weighted by Crippen LogP contribution is -2.16. The molecule has 0 aromatic heterocycles. The van der Waals surface area contributed by atoms with E-state index in [1.807, 2.05) is 0 Å². The van der Waals surface area contributed by atoms with Crippen LogP contribution in [0.5, 0.6) is 0 Å². The number of aliphatic imine (C=N–C) groups is 2. The van der Waals surface area contributed by atoms with Gasteiger partial charge in [-0.05, 0) is 6.08 Å². The van der Waals surface area contributed by atoms with Crippen molar-refractivity contribution in [1.82, 2.24) is 0 Å². The lowest BCUT2D eigenvalue weighted by molar-refractivity contribution is -0.113. The third kappa shape index (κ3) is 1.12. The molecule has 0 saturated carbocycles. The molecular weight excluding hydrogens is 176 g/mol. The van der Waals surface area contributed by atoms with Crippen molar-refractivity contribution < 1.29 is 4.79 Å². The highest BCUT2D eigenvalue weighted by atomic mass is 35.5. The summed E-state index contributed by atoms with van der Waals surface area (Å²) in [5, 5.41) is 0.695. The van der Waals surface area contributed by atoms with Gasteiger partial charge in [0.25, 0.3) is 5.91 Å². The minimum Gasteiger partial charge on any atom is -0.267 e. The van der Waals surface area contributed by atoms with Crippen LogP contribution in [0.2, 0.25) is 0 Å². The molecule has 0 aromatic rings. The van der Waals surface area contributed by atoms with E-state index < -0.39 is 0 Å². The summed E-state index contributed by atoms with van der Waals surface area (Å²) in [5.74, 6) is -0.236. The van der Waals surface area contributed by atoms with Crippen molar-refractivity contribution in [3.63, 3.8) is 0 Å². The highest BCUT2D eigenvalue weighted by Crippen LogP contribution is 2.20. The molecule has 12 heavy (non-hydrogen) atoms. The molecule has 0 atom stereocenters. The molecule has 1 aliphatic heterocycles. The zero-order chi connectivity index (χ0) is 8.55. The summed E-state index contributed by atoms with van der Waals surface area (Å²) < 4.78 is 0. The monoisotopic (exact) mass is 180 g/mol. The van der Waals surface area contributed by atoms with Crippen molar-refractivity contribution in [2.75, 3.05) is 0 Å². The van der Waals surface area contributed by atoms with Crippen molar-refractivity contribution in [2.45, 2.75) is 6.42 Å². The first-order valence-electron chi connectivity index (χ1n) is 3.48. The van der Waals surface area contributed by atoms with Crippen LogP contribution in [0.3, 0.4) is 0 Å². The molecule has 0 unspecified atom stereocenters. The first-order valence-corrected chi connectivity index (χ1v) is 3.86. The van der Waals surface area contributed by atoms with Crippen LogP contribution in [0.1, 0.15) is 6.42 Å². The molecule has 4 heteroatoms. The van der Waals surface area contributed by atoms with Crippen LogP contribution in [0.25, 0.3) is 0 Å². The Morgan fingerprint density at radius 1 is 1.50 bits per heavy atom. The van der Waals surface area contributed by atoms with Gasteiger partial charge < -0.3 is 0 Å². The Labute approximate surface area is 74.2 Å². The van der Waals surface area contributed by atoms with Crippen molar-refractivity contribution in [2.24, 2.45) is 9.98 Å². The summed E-state index contributed by atoms with van der Waals surface area (Å²) in [6.07, 6.45) is 5.29. The van der Waals surface area contributed by atoms with Crippen LogP contribution in [-0.4, -0.2) is 18.0 Å². The van der Waals surface area contributed by atoms with Crippen LogP contribution in [-0.2, 0) is 4.79 Å². The second-order valence-electron chi connectivity index (χ2n) is 2.48. The molecule has 60 valence electrons. The number of hydrogen-bond acceptors (Lipinski definition) is 2. The largest absolute Gasteiger partial charge is 0.280 e. The van der Waals surface area contributed by atoms with E-state index in [4.69, 9.17) is 11.6 Å². The number of fused-ring (bicyclic) bond motifs is 1. The molecule has 0 spiro atoms. The predicted molar refractivity (Wildman–Crippen MR) is 47.6 cm³/mol. The van der Waals surface area contributed by atoms with Gasteiger partial charge >= 0.3 is 0 Å². The maximum Gasteiger partial charge on any atom is 0.280 e. The fraction of sp³-hybridized carbons (Fsp3) is 0.125. The maximum absolute atomic E-state index is 11.1. The lowest BCUT2D eigenvalue weighted by Gasteiger charge is -2.11. The number of hydrogen-bond donors (Lipinski definition) is 0. The van der Waals surface area contributed by atoms with E-state index in [1.165, 1.54) is 6.34 Å². The average Bonchev–Trinajstić information content (AvgIpc) is 2.04. The fourth-order valence-electron chi connectivity index (χ4n) is 1.11. The number of rotatable bonds is 0. The van der Waals surface area contributed by atoms with E-state index in [2.05, 4.69) is 9.98 Å². The number of carbonyl (C=O) groups is 1. The standard InChI is InChI=1S/C8H5ClN2O/c9-5-1-2-6-7(3-5)10-4-11-8(6)12/h2-4H,1H2. The molecule has 0 saturated heterocycles. The van der Waals surface area contributed by atoms with E-state index in [1.54, 1.807) is 12.2 Å². The summed E-state index contributed by atoms with van der Waals surface area (Å²) in [5.41, 5.74) is 1.17. The van der Waals surface area contributed by atoms with E-state index in [0.29, 0.717) is 22.7 Å². The molecule has 0 fully saturated rings. The zero-order valence-electron chi connectivity index (χ0n) is 6.12. The van der Waals surface area contributed by atoms with Crippen LogP contribution in [0.4, 0.5) is 0 Å². The summed E-state index contributed by atoms with van der Waals surface area (Å²) in [6.45, 7) is 0. The normalized spacial score (nSPS) is 21.1. The number of allylic oxidation sites excluding steroid dienone is 3. The van der Waals surface area contributed by atoms with Gasteiger partial charge in [-0.1, -0.05) is 17.7 Å². The Kier molecular flexibility index (Phi) is 1.66. The topological polar surface area (TPSA) is 41.8 Å². The zero-order valence-corrected chi connectivity index (χ0v) is 6.88. The van der Waals surface area contributed by atoms with E-state index in [0.717, 1.165) is 0 Å². The first kappa shape index (κ1) is 7.43. The van der Waals surface area contributed by atoms with Gasteiger partial charge in [-0.3, -0.25) is 4.79 Å². The van der Waals surface area contributed by atoms with Crippen LogP contribution in [0, 0.1) is 0 Å². The summed E-state index contributed by atoms with van der Waals surface area (Å²) >= 11 is 5.76. The van der Waals surface area contributed by atoms with Crippen LogP contribution in [0.15, 0.2) is 32.7 Å². The molecule has 0 aromatic carbocycles. The molecule has 0 bridgehead atoms. The predicted octanol–water partition coefficient (Wildman–Crippen LogP) is 1.45. The number of nitrogens with zero attached hydrogens (tertiary/aromatic N) is 2. The number of amides is 1. The van der Waals surface area contributed by atoms with Crippen molar-refractivity contribution in [3.8, 4) is 0 Å². The SMILES string of the molecule is O=C1N=CN=C2C=C(Cl)CC=C12. The van der Waals surface area contributed by atoms with E-state index in [9.17, 15) is 4.79 Å². The Morgan fingerprint density at radius 2 is 2.33 bits per heavy atom. The van der Waals surface area contributed by atoms with Crippen molar-refractivity contribution in [1.29, 1.82) is 0 Å². The van der Waals surface area contributed by atoms with Gasteiger partial charge in [-0.2, -0.15) is 4.99 Å². The molecule has 1 heterocycles. The van der Waals surface area contributed by atoms with Crippen LogP contribution >= 0.6 is 11.6 Å². The minimum atomic E-state index is -0.236. The molecule has 1 aliphatic carbocycles. The molecule has 3 nitrogen and oxygen atoms in total. The third-order valence-electron chi connectivity index (χ3n) is 1.67. The smallest absolute Gasteiger partial charge is 0.267 e. The molecule has 2 aliphatic rings. The Hall–Kier alpha value is -1.22. The second-order valence-corrected chi connectivity index (χ2v) is 2.96. The van der Waals surface area contributed by atoms with Gasteiger partial charge in [0.15, 0.2) is 0 Å². The van der Waals surface area contributed by atoms with Crippen LogP contribution < -0.4 is 0 Å². The first-order chi connectivity index (χ1) is 5.77. The van der Waals surface area contributed by atoms with Gasteiger partial charge in [-0.15, -0.1) is 0 Å².